The summed E-state index contributed by atoms with van der Waals surface area (Å²) in [4.78, 5) is 16.6. The second kappa shape index (κ2) is 5.19. The minimum Gasteiger partial charge on any atom is -0.396 e. The third-order valence-electron chi connectivity index (χ3n) is 3.26. The Morgan fingerprint density at radius 2 is 2.44 bits per heavy atom. The van der Waals surface area contributed by atoms with Gasteiger partial charge in [-0.15, -0.1) is 0 Å². The highest BCUT2D eigenvalue weighted by Gasteiger charge is 2.26. The molecule has 0 saturated carbocycles. The topological polar surface area (TPSA) is 79.5 Å². The van der Waals surface area contributed by atoms with E-state index in [-0.39, 0.29) is 18.2 Å². The Morgan fingerprint density at radius 3 is 3.00 bits per heavy atom. The first-order valence-corrected chi connectivity index (χ1v) is 6.49. The second-order valence-corrected chi connectivity index (χ2v) is 5.24. The van der Waals surface area contributed by atoms with E-state index in [0.29, 0.717) is 15.9 Å². The molecular weight excluding hydrogens is 302 g/mol. The summed E-state index contributed by atoms with van der Waals surface area (Å²) in [7, 11) is 0. The minimum atomic E-state index is -0.433. The van der Waals surface area contributed by atoms with Crippen molar-refractivity contribution >= 4 is 27.4 Å². The molecular formula is C11H14BrN3O3. The van der Waals surface area contributed by atoms with E-state index < -0.39 is 4.92 Å². The lowest BCUT2D eigenvalue weighted by Crippen LogP contribution is -2.22. The number of rotatable bonds is 3. The number of aliphatic hydroxyl groups excluding tert-OH is 1. The molecule has 2 heterocycles. The Hall–Kier alpha value is -1.21. The van der Waals surface area contributed by atoms with E-state index in [0.717, 1.165) is 19.5 Å². The molecule has 6 nitrogen and oxygen atoms in total. The molecule has 1 atom stereocenters. The van der Waals surface area contributed by atoms with Crippen LogP contribution in [0.5, 0.6) is 0 Å². The zero-order valence-corrected chi connectivity index (χ0v) is 11.6. The van der Waals surface area contributed by atoms with E-state index in [4.69, 9.17) is 5.11 Å². The van der Waals surface area contributed by atoms with Crippen molar-refractivity contribution in [3.63, 3.8) is 0 Å². The Morgan fingerprint density at radius 1 is 1.72 bits per heavy atom. The van der Waals surface area contributed by atoms with Gasteiger partial charge in [-0.3, -0.25) is 10.1 Å². The van der Waals surface area contributed by atoms with Crippen molar-refractivity contribution in [2.45, 2.75) is 13.3 Å². The molecule has 0 bridgehead atoms. The van der Waals surface area contributed by atoms with Gasteiger partial charge in [0.1, 0.15) is 12.0 Å². The van der Waals surface area contributed by atoms with E-state index >= 15 is 0 Å². The molecule has 2 rings (SSSR count). The molecule has 0 aliphatic carbocycles. The van der Waals surface area contributed by atoms with Crippen molar-refractivity contribution < 1.29 is 10.0 Å². The van der Waals surface area contributed by atoms with E-state index in [2.05, 4.69) is 20.9 Å². The number of anilines is 1. The van der Waals surface area contributed by atoms with Crippen LogP contribution >= 0.6 is 15.9 Å². The third kappa shape index (κ3) is 2.32. The van der Waals surface area contributed by atoms with Gasteiger partial charge in [0.2, 0.25) is 0 Å². The fourth-order valence-corrected chi connectivity index (χ4v) is 2.69. The van der Waals surface area contributed by atoms with Crippen LogP contribution in [0.1, 0.15) is 12.0 Å². The van der Waals surface area contributed by atoms with E-state index in [1.807, 2.05) is 4.90 Å². The highest BCUT2D eigenvalue weighted by Crippen LogP contribution is 2.34. The molecule has 1 aliphatic rings. The van der Waals surface area contributed by atoms with Crippen molar-refractivity contribution in [3.05, 3.63) is 26.3 Å². The van der Waals surface area contributed by atoms with E-state index in [9.17, 15) is 10.1 Å². The lowest BCUT2D eigenvalue weighted by atomic mass is 10.1. The lowest BCUT2D eigenvalue weighted by molar-refractivity contribution is -0.385. The summed E-state index contributed by atoms with van der Waals surface area (Å²) in [5.74, 6) is 0.975. The van der Waals surface area contributed by atoms with E-state index in [1.54, 1.807) is 6.92 Å². The predicted octanol–water partition coefficient (Wildman–Crippen LogP) is 1.88. The first-order valence-electron chi connectivity index (χ1n) is 5.70. The van der Waals surface area contributed by atoms with Crippen LogP contribution in [-0.4, -0.2) is 34.7 Å². The second-order valence-electron chi connectivity index (χ2n) is 4.45. The zero-order chi connectivity index (χ0) is 13.3. The molecule has 1 aromatic heterocycles. The monoisotopic (exact) mass is 315 g/mol. The van der Waals surface area contributed by atoms with Gasteiger partial charge in [0.25, 0.3) is 5.69 Å². The van der Waals surface area contributed by atoms with Crippen molar-refractivity contribution in [1.82, 2.24) is 4.98 Å². The van der Waals surface area contributed by atoms with Gasteiger partial charge in [-0.05, 0) is 29.3 Å². The number of aliphatic hydroxyl groups is 1. The molecule has 0 amide bonds. The summed E-state index contributed by atoms with van der Waals surface area (Å²) >= 11 is 3.38. The van der Waals surface area contributed by atoms with Gasteiger partial charge in [0.05, 0.1) is 9.40 Å². The van der Waals surface area contributed by atoms with Crippen LogP contribution in [0.2, 0.25) is 0 Å². The highest BCUT2D eigenvalue weighted by molar-refractivity contribution is 9.10. The predicted molar refractivity (Wildman–Crippen MR) is 70.7 cm³/mol. The number of nitrogens with zero attached hydrogens (tertiary/aromatic N) is 3. The standard InChI is InChI=1S/C11H14BrN3O3/c1-7-9(15(17)18)4-13-11(10(7)12)14-3-2-8(5-14)6-16/h4,8,16H,2-3,5-6H2,1H3. The molecule has 0 radical (unpaired) electrons. The fraction of sp³-hybridized carbons (Fsp3) is 0.545. The molecule has 1 fully saturated rings. The molecule has 0 spiro atoms. The zero-order valence-electron chi connectivity index (χ0n) is 9.97. The number of hydrogen-bond donors (Lipinski definition) is 1. The first kappa shape index (κ1) is 13.2. The Kier molecular flexibility index (Phi) is 3.82. The SMILES string of the molecule is Cc1c([N+](=O)[O-])cnc(N2CCC(CO)C2)c1Br. The highest BCUT2D eigenvalue weighted by atomic mass is 79.9. The van der Waals surface area contributed by atoms with Crippen LogP contribution in [-0.2, 0) is 0 Å². The van der Waals surface area contributed by atoms with Crippen molar-refractivity contribution in [3.8, 4) is 0 Å². The maximum atomic E-state index is 10.8. The average Bonchev–Trinajstić information content (AvgIpc) is 2.80. The van der Waals surface area contributed by atoms with Gasteiger partial charge < -0.3 is 10.0 Å². The molecule has 98 valence electrons. The molecule has 1 saturated heterocycles. The quantitative estimate of drug-likeness (QED) is 0.680. The van der Waals surface area contributed by atoms with Gasteiger partial charge in [-0.2, -0.15) is 0 Å². The van der Waals surface area contributed by atoms with E-state index in [1.165, 1.54) is 6.20 Å². The number of halogens is 1. The Bertz CT molecular complexity index is 481. The maximum absolute atomic E-state index is 10.8. The summed E-state index contributed by atoms with van der Waals surface area (Å²) in [6, 6.07) is 0. The summed E-state index contributed by atoms with van der Waals surface area (Å²) in [6.07, 6.45) is 2.21. The maximum Gasteiger partial charge on any atom is 0.291 e. The average molecular weight is 316 g/mol. The number of aromatic nitrogens is 1. The molecule has 0 aromatic carbocycles. The molecule has 1 aromatic rings. The molecule has 7 heteroatoms. The van der Waals surface area contributed by atoms with Crippen molar-refractivity contribution in [2.24, 2.45) is 5.92 Å². The number of hydrogen-bond acceptors (Lipinski definition) is 5. The third-order valence-corrected chi connectivity index (χ3v) is 4.21. The van der Waals surface area contributed by atoms with Gasteiger partial charge in [0, 0.05) is 31.2 Å². The summed E-state index contributed by atoms with van der Waals surface area (Å²) in [6.45, 7) is 3.42. The Labute approximate surface area is 113 Å². The first-order chi connectivity index (χ1) is 8.54. The summed E-state index contributed by atoms with van der Waals surface area (Å²) in [5.41, 5.74) is 0.598. The molecule has 1 N–H and O–H groups in total. The summed E-state index contributed by atoms with van der Waals surface area (Å²) in [5, 5.41) is 19.9. The van der Waals surface area contributed by atoms with Crippen LogP contribution in [0.15, 0.2) is 10.7 Å². The van der Waals surface area contributed by atoms with Gasteiger partial charge in [-0.25, -0.2) is 4.98 Å². The summed E-state index contributed by atoms with van der Waals surface area (Å²) < 4.78 is 0.662. The van der Waals surface area contributed by atoms with Crippen LogP contribution in [0.25, 0.3) is 0 Å². The van der Waals surface area contributed by atoms with Crippen LogP contribution in [0.3, 0.4) is 0 Å². The number of pyridine rings is 1. The minimum absolute atomic E-state index is 0.0172. The fourth-order valence-electron chi connectivity index (χ4n) is 2.13. The van der Waals surface area contributed by atoms with Crippen LogP contribution in [0.4, 0.5) is 11.5 Å². The molecule has 18 heavy (non-hydrogen) atoms. The lowest BCUT2D eigenvalue weighted by Gasteiger charge is -2.19. The van der Waals surface area contributed by atoms with Crippen molar-refractivity contribution in [2.75, 3.05) is 24.6 Å². The molecule has 1 aliphatic heterocycles. The van der Waals surface area contributed by atoms with Gasteiger partial charge in [-0.1, -0.05) is 0 Å². The van der Waals surface area contributed by atoms with Crippen LogP contribution < -0.4 is 4.90 Å². The normalized spacial score (nSPS) is 19.3. The smallest absolute Gasteiger partial charge is 0.291 e. The van der Waals surface area contributed by atoms with Gasteiger partial charge >= 0.3 is 0 Å². The largest absolute Gasteiger partial charge is 0.396 e. The number of nitro groups is 1. The Balaban J connectivity index is 2.30. The van der Waals surface area contributed by atoms with Crippen molar-refractivity contribution in [1.29, 1.82) is 0 Å². The molecule has 1 unspecified atom stereocenters. The van der Waals surface area contributed by atoms with Crippen LogP contribution in [0, 0.1) is 23.0 Å². The van der Waals surface area contributed by atoms with Gasteiger partial charge in [0.15, 0.2) is 0 Å².